The van der Waals surface area contributed by atoms with E-state index in [-0.39, 0.29) is 0 Å². The fraction of sp³-hybridized carbons (Fsp3) is 0. The molecule has 0 spiro atoms. The zero-order valence-electron chi connectivity index (χ0n) is 9.33. The largest absolute Gasteiger partial charge is 0.478 e. The molecular formula is C14H9NO2S. The number of carboxylic acid groups (broad SMARTS) is 1. The Morgan fingerprint density at radius 2 is 2.11 bits per heavy atom. The average molecular weight is 255 g/mol. The maximum absolute atomic E-state index is 10.9. The molecule has 0 aliphatic rings. The molecule has 1 aromatic carbocycles. The van der Waals surface area contributed by atoms with Crippen LogP contribution in [0.25, 0.3) is 21.3 Å². The molecule has 0 bridgehead atoms. The van der Waals surface area contributed by atoms with Gasteiger partial charge in [0.05, 0.1) is 11.1 Å². The number of aromatic carboxylic acids is 1. The predicted octanol–water partition coefficient (Wildman–Crippen LogP) is 3.66. The summed E-state index contributed by atoms with van der Waals surface area (Å²) < 4.78 is 0. The summed E-state index contributed by atoms with van der Waals surface area (Å²) in [5.74, 6) is -0.889. The molecule has 0 aliphatic heterocycles. The molecule has 0 aliphatic carbocycles. The highest BCUT2D eigenvalue weighted by molar-refractivity contribution is 7.13. The number of hydrogen-bond acceptors (Lipinski definition) is 3. The molecule has 0 saturated carbocycles. The maximum atomic E-state index is 10.9. The third-order valence-corrected chi connectivity index (χ3v) is 3.71. The van der Waals surface area contributed by atoms with Crippen LogP contribution in [0.2, 0.25) is 0 Å². The molecule has 0 unspecified atom stereocenters. The number of fused-ring (bicyclic) bond motifs is 1. The van der Waals surface area contributed by atoms with Crippen molar-refractivity contribution in [3.05, 3.63) is 53.5 Å². The van der Waals surface area contributed by atoms with Gasteiger partial charge in [-0.2, -0.15) is 0 Å². The van der Waals surface area contributed by atoms with Crippen LogP contribution in [0, 0.1) is 0 Å². The van der Waals surface area contributed by atoms with Gasteiger partial charge in [-0.15, -0.1) is 11.3 Å². The van der Waals surface area contributed by atoms with Gasteiger partial charge in [-0.05, 0) is 29.8 Å². The first kappa shape index (κ1) is 10.9. The van der Waals surface area contributed by atoms with Crippen LogP contribution in [0.5, 0.6) is 0 Å². The fourth-order valence-corrected chi connectivity index (χ4v) is 2.71. The summed E-state index contributed by atoms with van der Waals surface area (Å²) in [6.45, 7) is 0. The van der Waals surface area contributed by atoms with Crippen LogP contribution in [-0.4, -0.2) is 16.1 Å². The van der Waals surface area contributed by atoms with Crippen LogP contribution in [0.3, 0.4) is 0 Å². The summed E-state index contributed by atoms with van der Waals surface area (Å²) >= 11 is 1.44. The zero-order chi connectivity index (χ0) is 12.5. The van der Waals surface area contributed by atoms with Crippen molar-refractivity contribution in [3.63, 3.8) is 0 Å². The highest BCUT2D eigenvalue weighted by Gasteiger charge is 2.08. The first-order chi connectivity index (χ1) is 8.74. The van der Waals surface area contributed by atoms with E-state index in [9.17, 15) is 4.79 Å². The summed E-state index contributed by atoms with van der Waals surface area (Å²) in [4.78, 5) is 16.1. The van der Waals surface area contributed by atoms with E-state index in [1.165, 1.54) is 11.3 Å². The van der Waals surface area contributed by atoms with Gasteiger partial charge in [-0.3, -0.25) is 4.98 Å². The monoisotopic (exact) mass is 255 g/mol. The summed E-state index contributed by atoms with van der Waals surface area (Å²) in [5, 5.41) is 11.6. The maximum Gasteiger partial charge on any atom is 0.336 e. The Balaban J connectivity index is 2.10. The number of pyridine rings is 1. The molecule has 1 N–H and O–H groups in total. The number of carbonyl (C=O) groups is 1. The highest BCUT2D eigenvalue weighted by Crippen LogP contribution is 2.29. The van der Waals surface area contributed by atoms with Crippen molar-refractivity contribution in [1.82, 2.24) is 4.98 Å². The minimum Gasteiger partial charge on any atom is -0.478 e. The van der Waals surface area contributed by atoms with Gasteiger partial charge >= 0.3 is 5.97 Å². The van der Waals surface area contributed by atoms with E-state index in [0.29, 0.717) is 5.56 Å². The van der Waals surface area contributed by atoms with Gasteiger partial charge in [0, 0.05) is 21.8 Å². The standard InChI is InChI=1S/C14H9NO2S/c16-14(17)11-7-13(18-8-11)10-3-4-12-9(6-10)2-1-5-15-12/h1-8H,(H,16,17). The van der Waals surface area contributed by atoms with E-state index in [0.717, 1.165) is 21.3 Å². The van der Waals surface area contributed by atoms with Crippen molar-refractivity contribution in [1.29, 1.82) is 0 Å². The van der Waals surface area contributed by atoms with E-state index >= 15 is 0 Å². The third-order valence-electron chi connectivity index (χ3n) is 2.73. The number of aromatic nitrogens is 1. The molecule has 0 atom stereocenters. The van der Waals surface area contributed by atoms with Crippen molar-refractivity contribution >= 4 is 28.2 Å². The van der Waals surface area contributed by atoms with E-state index in [1.54, 1.807) is 17.6 Å². The first-order valence-electron chi connectivity index (χ1n) is 5.41. The lowest BCUT2D eigenvalue weighted by Crippen LogP contribution is -1.91. The SMILES string of the molecule is O=C(O)c1csc(-c2ccc3ncccc3c2)c1. The third kappa shape index (κ3) is 1.87. The molecule has 3 nitrogen and oxygen atoms in total. The lowest BCUT2D eigenvalue weighted by atomic mass is 10.1. The van der Waals surface area contributed by atoms with Crippen LogP contribution in [0.4, 0.5) is 0 Å². The number of carboxylic acids is 1. The number of nitrogens with zero attached hydrogens (tertiary/aromatic N) is 1. The Kier molecular flexibility index (Phi) is 2.57. The lowest BCUT2D eigenvalue weighted by Gasteiger charge is -2.00. The van der Waals surface area contributed by atoms with Crippen LogP contribution in [-0.2, 0) is 0 Å². The fourth-order valence-electron chi connectivity index (χ4n) is 1.83. The molecule has 3 aromatic rings. The van der Waals surface area contributed by atoms with Crippen LogP contribution < -0.4 is 0 Å². The number of benzene rings is 1. The van der Waals surface area contributed by atoms with Crippen molar-refractivity contribution in [2.24, 2.45) is 0 Å². The molecular weight excluding hydrogens is 246 g/mol. The number of rotatable bonds is 2. The Hall–Kier alpha value is -2.20. The second-order valence-corrected chi connectivity index (χ2v) is 4.83. The van der Waals surface area contributed by atoms with Crippen molar-refractivity contribution in [2.45, 2.75) is 0 Å². The highest BCUT2D eigenvalue weighted by atomic mass is 32.1. The van der Waals surface area contributed by atoms with Crippen molar-refractivity contribution in [2.75, 3.05) is 0 Å². The molecule has 4 heteroatoms. The van der Waals surface area contributed by atoms with Crippen molar-refractivity contribution < 1.29 is 9.90 Å². The summed E-state index contributed by atoms with van der Waals surface area (Å²) in [6.07, 6.45) is 1.76. The minimum atomic E-state index is -0.889. The Bertz CT molecular complexity index is 733. The van der Waals surface area contributed by atoms with E-state index in [1.807, 2.05) is 30.3 Å². The second kappa shape index (κ2) is 4.23. The second-order valence-electron chi connectivity index (χ2n) is 3.92. The number of hydrogen-bond donors (Lipinski definition) is 1. The Morgan fingerprint density at radius 1 is 1.22 bits per heavy atom. The van der Waals surface area contributed by atoms with Gasteiger partial charge in [0.1, 0.15) is 0 Å². The molecule has 2 aromatic heterocycles. The van der Waals surface area contributed by atoms with Crippen LogP contribution in [0.1, 0.15) is 10.4 Å². The molecule has 3 rings (SSSR count). The van der Waals surface area contributed by atoms with E-state index in [4.69, 9.17) is 5.11 Å². The Labute approximate surface area is 107 Å². The summed E-state index contributed by atoms with van der Waals surface area (Å²) in [7, 11) is 0. The first-order valence-corrected chi connectivity index (χ1v) is 6.29. The van der Waals surface area contributed by atoms with Crippen LogP contribution >= 0.6 is 11.3 Å². The molecule has 88 valence electrons. The Morgan fingerprint density at radius 3 is 2.89 bits per heavy atom. The molecule has 0 amide bonds. The minimum absolute atomic E-state index is 0.335. The smallest absolute Gasteiger partial charge is 0.336 e. The molecule has 0 fully saturated rings. The van der Waals surface area contributed by atoms with Gasteiger partial charge in [0.15, 0.2) is 0 Å². The van der Waals surface area contributed by atoms with Crippen molar-refractivity contribution in [3.8, 4) is 10.4 Å². The molecule has 18 heavy (non-hydrogen) atoms. The average Bonchev–Trinajstić information content (AvgIpc) is 2.88. The van der Waals surface area contributed by atoms with Gasteiger partial charge in [0.25, 0.3) is 0 Å². The molecule has 0 radical (unpaired) electrons. The zero-order valence-corrected chi connectivity index (χ0v) is 10.1. The van der Waals surface area contributed by atoms with Crippen LogP contribution in [0.15, 0.2) is 48.0 Å². The van der Waals surface area contributed by atoms with E-state index < -0.39 is 5.97 Å². The van der Waals surface area contributed by atoms with Gasteiger partial charge in [0.2, 0.25) is 0 Å². The van der Waals surface area contributed by atoms with Gasteiger partial charge in [-0.25, -0.2) is 4.79 Å². The van der Waals surface area contributed by atoms with Gasteiger partial charge < -0.3 is 5.11 Å². The quantitative estimate of drug-likeness (QED) is 0.760. The lowest BCUT2D eigenvalue weighted by molar-refractivity contribution is 0.0697. The summed E-state index contributed by atoms with van der Waals surface area (Å²) in [6, 6.07) is 11.5. The normalized spacial score (nSPS) is 10.7. The number of thiophene rings is 1. The van der Waals surface area contributed by atoms with E-state index in [2.05, 4.69) is 4.98 Å². The summed E-state index contributed by atoms with van der Waals surface area (Å²) in [5.41, 5.74) is 2.30. The molecule has 0 saturated heterocycles. The predicted molar refractivity (Wildman–Crippen MR) is 72.0 cm³/mol. The molecule has 2 heterocycles. The topological polar surface area (TPSA) is 50.2 Å². The van der Waals surface area contributed by atoms with Gasteiger partial charge in [-0.1, -0.05) is 12.1 Å².